The van der Waals surface area contributed by atoms with Gasteiger partial charge in [0.2, 0.25) is 5.95 Å². The van der Waals surface area contributed by atoms with Crippen LogP contribution in [0.2, 0.25) is 0 Å². The number of imidazole rings is 1. The minimum Gasteiger partial charge on any atom is -0.394 e. The summed E-state index contributed by atoms with van der Waals surface area (Å²) in [6.07, 6.45) is -4.50. The monoisotopic (exact) mass is 462 g/mol. The number of unbranched alkanes of at least 4 members (excludes halogenated alkanes) is 3. The number of H-pyrrole nitrogens is 1. The van der Waals surface area contributed by atoms with E-state index >= 15 is 0 Å². The van der Waals surface area contributed by atoms with Crippen molar-refractivity contribution in [3.8, 4) is 0 Å². The van der Waals surface area contributed by atoms with Gasteiger partial charge >= 0.3 is 12.1 Å². The number of aliphatic hydroxyl groups is 2. The van der Waals surface area contributed by atoms with Gasteiger partial charge in [-0.1, -0.05) is 12.8 Å². The van der Waals surface area contributed by atoms with E-state index in [0.29, 0.717) is 37.9 Å². The molecule has 0 saturated carbocycles. The van der Waals surface area contributed by atoms with Gasteiger partial charge in [-0.2, -0.15) is 18.2 Å². The molecule has 1 saturated heterocycles. The number of nitrogens with one attached hydrogen (secondary N) is 2. The summed E-state index contributed by atoms with van der Waals surface area (Å²) in [4.78, 5) is 33.9. The molecule has 1 aliphatic heterocycles. The predicted octanol–water partition coefficient (Wildman–Crippen LogP) is 0.124. The minimum atomic E-state index is -4.89. The predicted molar refractivity (Wildman–Crippen MR) is 105 cm³/mol. The molecule has 0 aliphatic carbocycles. The van der Waals surface area contributed by atoms with Gasteiger partial charge in [0.05, 0.1) is 12.7 Å². The molecule has 14 heteroatoms. The van der Waals surface area contributed by atoms with Crippen molar-refractivity contribution < 1.29 is 32.9 Å². The maximum atomic E-state index is 12.2. The van der Waals surface area contributed by atoms with Gasteiger partial charge in [0.1, 0.15) is 18.2 Å². The highest BCUT2D eigenvalue weighted by atomic mass is 19.4. The number of hydrogen-bond acceptors (Lipinski definition) is 8. The average molecular weight is 462 g/mol. The second kappa shape index (κ2) is 9.83. The molecule has 1 amide bonds. The smallest absolute Gasteiger partial charge is 0.394 e. The zero-order valence-electron chi connectivity index (χ0n) is 17.1. The Morgan fingerprint density at radius 2 is 2.00 bits per heavy atom. The van der Waals surface area contributed by atoms with Crippen LogP contribution in [0.15, 0.2) is 4.79 Å². The van der Waals surface area contributed by atoms with Gasteiger partial charge in [0, 0.05) is 19.4 Å². The van der Waals surface area contributed by atoms with E-state index in [0.717, 1.165) is 0 Å². The van der Waals surface area contributed by atoms with Crippen LogP contribution in [0.4, 0.5) is 19.1 Å². The molecule has 1 aliphatic rings. The Kier molecular flexibility index (Phi) is 7.36. The quantitative estimate of drug-likeness (QED) is 0.328. The third-order valence-electron chi connectivity index (χ3n) is 5.18. The van der Waals surface area contributed by atoms with Gasteiger partial charge in [0.25, 0.3) is 5.56 Å². The molecule has 32 heavy (non-hydrogen) atoms. The molecule has 0 spiro atoms. The van der Waals surface area contributed by atoms with Gasteiger partial charge in [0.15, 0.2) is 11.2 Å². The van der Waals surface area contributed by atoms with Crippen molar-refractivity contribution in [2.24, 2.45) is 0 Å². The van der Waals surface area contributed by atoms with Gasteiger partial charge in [-0.15, -0.1) is 0 Å². The number of rotatable bonds is 9. The van der Waals surface area contributed by atoms with Crippen molar-refractivity contribution in [2.45, 2.75) is 63.1 Å². The fraction of sp³-hybridized carbons (Fsp3) is 0.667. The van der Waals surface area contributed by atoms with Crippen LogP contribution in [0, 0.1) is 0 Å². The standard InChI is InChI=1S/C18H25F3N6O5/c19-18(20,21)16(31)23-6-4-2-1-3-5-11-24-13-14(25-17(22)26-15(13)30)27(11)12-7-9(29)10(8-28)32-12/h9-10,12,28-29H,1-8H2,(H,23,31)(H3,22,25,26,30)/t9-,10+,12+/m0/s1. The number of hydrogen-bond donors (Lipinski definition) is 5. The van der Waals surface area contributed by atoms with Crippen LogP contribution in [0.5, 0.6) is 0 Å². The first kappa shape index (κ1) is 23.9. The molecule has 3 heterocycles. The summed E-state index contributed by atoms with van der Waals surface area (Å²) in [7, 11) is 0. The molecule has 3 atom stereocenters. The van der Waals surface area contributed by atoms with Crippen molar-refractivity contribution in [2.75, 3.05) is 18.9 Å². The van der Waals surface area contributed by atoms with Crippen LogP contribution in [0.3, 0.4) is 0 Å². The van der Waals surface area contributed by atoms with Crippen molar-refractivity contribution in [1.29, 1.82) is 0 Å². The Morgan fingerprint density at radius 3 is 2.66 bits per heavy atom. The Morgan fingerprint density at radius 1 is 1.28 bits per heavy atom. The first-order valence-electron chi connectivity index (χ1n) is 10.2. The van der Waals surface area contributed by atoms with Crippen LogP contribution in [0.1, 0.15) is 44.2 Å². The van der Waals surface area contributed by atoms with E-state index in [-0.39, 0.29) is 36.7 Å². The third-order valence-corrected chi connectivity index (χ3v) is 5.18. The Labute approximate surface area is 179 Å². The van der Waals surface area contributed by atoms with Crippen molar-refractivity contribution in [3.63, 3.8) is 0 Å². The van der Waals surface area contributed by atoms with Crippen LogP contribution < -0.4 is 16.6 Å². The molecular weight excluding hydrogens is 437 g/mol. The summed E-state index contributed by atoms with van der Waals surface area (Å²) in [5.74, 6) is -1.58. The molecule has 6 N–H and O–H groups in total. The van der Waals surface area contributed by atoms with E-state index in [4.69, 9.17) is 10.5 Å². The van der Waals surface area contributed by atoms with Gasteiger partial charge in [-0.25, -0.2) is 4.98 Å². The number of nitrogen functional groups attached to an aromatic ring is 1. The lowest BCUT2D eigenvalue weighted by Gasteiger charge is -2.16. The van der Waals surface area contributed by atoms with E-state index in [9.17, 15) is 33.0 Å². The minimum absolute atomic E-state index is 0.0644. The molecule has 0 aromatic carbocycles. The number of nitrogens with two attached hydrogens (primary N) is 1. The summed E-state index contributed by atoms with van der Waals surface area (Å²) in [6.45, 7) is -0.452. The first-order valence-corrected chi connectivity index (χ1v) is 10.2. The molecule has 0 unspecified atom stereocenters. The van der Waals surface area contributed by atoms with E-state index in [1.807, 2.05) is 5.32 Å². The fourth-order valence-electron chi connectivity index (χ4n) is 3.63. The number of carbonyl (C=O) groups is 1. The fourth-order valence-corrected chi connectivity index (χ4v) is 3.63. The number of aromatic amines is 1. The highest BCUT2D eigenvalue weighted by molar-refractivity contribution is 5.81. The van der Waals surface area contributed by atoms with Crippen molar-refractivity contribution in [1.82, 2.24) is 24.8 Å². The number of aliphatic hydroxyl groups excluding tert-OH is 2. The SMILES string of the molecule is Nc1nc2c(nc(CCCCCCNC(=O)C(F)(F)F)n2[C@H]2C[C@H](O)[C@@H](CO)O2)c(=O)[nH]1. The van der Waals surface area contributed by atoms with Gasteiger partial charge < -0.3 is 26.0 Å². The van der Waals surface area contributed by atoms with Crippen LogP contribution >= 0.6 is 0 Å². The lowest BCUT2D eigenvalue weighted by molar-refractivity contribution is -0.173. The molecule has 178 valence electrons. The highest BCUT2D eigenvalue weighted by Crippen LogP contribution is 2.32. The zero-order chi connectivity index (χ0) is 23.5. The number of nitrogens with zero attached hydrogens (tertiary/aromatic N) is 3. The van der Waals surface area contributed by atoms with E-state index < -0.39 is 36.1 Å². The molecule has 11 nitrogen and oxygen atoms in total. The van der Waals surface area contributed by atoms with Crippen LogP contribution in [-0.2, 0) is 16.0 Å². The number of halogens is 3. The topological polar surface area (TPSA) is 168 Å². The molecule has 0 radical (unpaired) electrons. The number of aryl methyl sites for hydroxylation is 1. The maximum Gasteiger partial charge on any atom is 0.471 e. The van der Waals surface area contributed by atoms with Gasteiger partial charge in [-0.3, -0.25) is 19.1 Å². The molecule has 3 rings (SSSR count). The number of amides is 1. The van der Waals surface area contributed by atoms with Gasteiger partial charge in [-0.05, 0) is 12.8 Å². The molecule has 2 aromatic rings. The second-order valence-corrected chi connectivity index (χ2v) is 7.55. The normalized spacial score (nSPS) is 21.3. The second-order valence-electron chi connectivity index (χ2n) is 7.55. The first-order chi connectivity index (χ1) is 15.1. The lowest BCUT2D eigenvalue weighted by Crippen LogP contribution is -2.37. The largest absolute Gasteiger partial charge is 0.471 e. The number of carbonyl (C=O) groups excluding carboxylic acids is 1. The molecule has 1 fully saturated rings. The maximum absolute atomic E-state index is 12.2. The van der Waals surface area contributed by atoms with Crippen LogP contribution in [0.25, 0.3) is 11.2 Å². The number of alkyl halides is 3. The summed E-state index contributed by atoms with van der Waals surface area (Å²) in [5, 5.41) is 21.3. The van der Waals surface area contributed by atoms with Crippen molar-refractivity contribution in [3.05, 3.63) is 16.2 Å². The zero-order valence-corrected chi connectivity index (χ0v) is 17.1. The number of anilines is 1. The number of ether oxygens (including phenoxy) is 1. The summed E-state index contributed by atoms with van der Waals surface area (Å²) in [6, 6.07) is 0. The van der Waals surface area contributed by atoms with E-state index in [1.54, 1.807) is 4.57 Å². The Bertz CT molecular complexity index is 1010. The molecule has 0 bridgehead atoms. The summed E-state index contributed by atoms with van der Waals surface area (Å²) >= 11 is 0. The van der Waals surface area contributed by atoms with Crippen molar-refractivity contribution >= 4 is 23.0 Å². The lowest BCUT2D eigenvalue weighted by atomic mass is 10.1. The third kappa shape index (κ3) is 5.37. The van der Waals surface area contributed by atoms with E-state index in [2.05, 4.69) is 15.0 Å². The molecule has 2 aromatic heterocycles. The Hall–Kier alpha value is -2.71. The number of aromatic nitrogens is 4. The highest BCUT2D eigenvalue weighted by Gasteiger charge is 2.38. The Balaban J connectivity index is 1.64. The number of fused-ring (bicyclic) bond motifs is 1. The average Bonchev–Trinajstić information content (AvgIpc) is 3.26. The summed E-state index contributed by atoms with van der Waals surface area (Å²) in [5.41, 5.74) is 5.40. The van der Waals surface area contributed by atoms with E-state index in [1.165, 1.54) is 0 Å². The summed E-state index contributed by atoms with van der Waals surface area (Å²) < 4.78 is 43.7. The van der Waals surface area contributed by atoms with Crippen LogP contribution in [-0.4, -0.2) is 67.2 Å². The molecular formula is C18H25F3N6O5.